The fraction of sp³-hybridized carbons (Fsp3) is 0.286. The zero-order valence-electron chi connectivity index (χ0n) is 11.2. The number of benzene rings is 1. The molecule has 0 saturated carbocycles. The average Bonchev–Trinajstić information content (AvgIpc) is 2.34. The molecule has 0 radical (unpaired) electrons. The van der Waals surface area contributed by atoms with Gasteiger partial charge in [-0.05, 0) is 25.1 Å². The van der Waals surface area contributed by atoms with Crippen LogP contribution >= 0.6 is 0 Å². The molecule has 1 amide bonds. The monoisotopic (exact) mass is 263 g/mol. The maximum Gasteiger partial charge on any atom is 0.328 e. The zero-order chi connectivity index (χ0) is 14.4. The van der Waals surface area contributed by atoms with Crippen molar-refractivity contribution in [1.29, 1.82) is 0 Å². The molecule has 19 heavy (non-hydrogen) atoms. The minimum atomic E-state index is -1.03. The van der Waals surface area contributed by atoms with E-state index >= 15 is 0 Å². The summed E-state index contributed by atoms with van der Waals surface area (Å²) in [5, 5.41) is 8.64. The summed E-state index contributed by atoms with van der Waals surface area (Å²) in [4.78, 5) is 23.4. The molecule has 0 bridgehead atoms. The lowest BCUT2D eigenvalue weighted by atomic mass is 10.1. The molecule has 0 spiro atoms. The van der Waals surface area contributed by atoms with Crippen molar-refractivity contribution in [2.45, 2.75) is 6.92 Å². The van der Waals surface area contributed by atoms with Gasteiger partial charge in [-0.15, -0.1) is 0 Å². The molecule has 0 aliphatic rings. The Morgan fingerprint density at radius 1 is 1.37 bits per heavy atom. The van der Waals surface area contributed by atoms with Crippen LogP contribution in [-0.4, -0.2) is 42.6 Å². The van der Waals surface area contributed by atoms with Crippen LogP contribution in [0.15, 0.2) is 24.3 Å². The third-order valence-electron chi connectivity index (χ3n) is 2.42. The highest BCUT2D eigenvalue weighted by Gasteiger charge is 2.07. The molecule has 1 rings (SSSR count). The Kier molecular flexibility index (Phi) is 5.11. The van der Waals surface area contributed by atoms with Crippen molar-refractivity contribution in [2.24, 2.45) is 0 Å². The normalized spacial score (nSPS) is 10.5. The molecule has 0 saturated heterocycles. The summed E-state index contributed by atoms with van der Waals surface area (Å²) in [5.41, 5.74) is 1.62. The number of nitrogens with zero attached hydrogens (tertiary/aromatic N) is 1. The molecule has 0 aliphatic carbocycles. The number of rotatable bonds is 5. The number of aryl methyl sites for hydroxylation is 1. The summed E-state index contributed by atoms with van der Waals surface area (Å²) in [6.07, 6.45) is 2.49. The summed E-state index contributed by atoms with van der Waals surface area (Å²) >= 11 is 0. The van der Waals surface area contributed by atoms with Gasteiger partial charge in [-0.25, -0.2) is 4.79 Å². The van der Waals surface area contributed by atoms with Gasteiger partial charge in [0.1, 0.15) is 5.75 Å². The number of carboxylic acid groups (broad SMARTS) is 1. The van der Waals surface area contributed by atoms with E-state index < -0.39 is 5.97 Å². The number of carboxylic acids is 1. The van der Waals surface area contributed by atoms with Crippen molar-refractivity contribution in [3.8, 4) is 5.75 Å². The third-order valence-corrected chi connectivity index (χ3v) is 2.42. The van der Waals surface area contributed by atoms with Gasteiger partial charge < -0.3 is 14.7 Å². The highest BCUT2D eigenvalue weighted by Crippen LogP contribution is 2.21. The van der Waals surface area contributed by atoms with E-state index in [-0.39, 0.29) is 12.5 Å². The lowest BCUT2D eigenvalue weighted by molar-refractivity contribution is -0.132. The van der Waals surface area contributed by atoms with Crippen molar-refractivity contribution < 1.29 is 19.4 Å². The van der Waals surface area contributed by atoms with Gasteiger partial charge in [0, 0.05) is 25.7 Å². The summed E-state index contributed by atoms with van der Waals surface area (Å²) < 4.78 is 5.41. The summed E-state index contributed by atoms with van der Waals surface area (Å²) in [6.45, 7) is 1.82. The number of aliphatic carboxylic acids is 1. The van der Waals surface area contributed by atoms with Crippen molar-refractivity contribution in [3.63, 3.8) is 0 Å². The molecule has 0 aromatic heterocycles. The van der Waals surface area contributed by atoms with Crippen LogP contribution in [0.1, 0.15) is 11.1 Å². The molecule has 0 aliphatic heterocycles. The van der Waals surface area contributed by atoms with Gasteiger partial charge in [0.25, 0.3) is 5.91 Å². The molecule has 102 valence electrons. The molecule has 0 fully saturated rings. The minimum absolute atomic E-state index is 0.0794. The van der Waals surface area contributed by atoms with E-state index in [1.165, 1.54) is 11.0 Å². The van der Waals surface area contributed by atoms with Crippen LogP contribution in [0.25, 0.3) is 6.08 Å². The van der Waals surface area contributed by atoms with Crippen LogP contribution < -0.4 is 4.74 Å². The maximum atomic E-state index is 11.4. The van der Waals surface area contributed by atoms with Gasteiger partial charge in [-0.2, -0.15) is 0 Å². The van der Waals surface area contributed by atoms with Gasteiger partial charge in [-0.1, -0.05) is 11.6 Å². The van der Waals surface area contributed by atoms with E-state index in [0.717, 1.165) is 11.6 Å². The first-order chi connectivity index (χ1) is 8.90. The van der Waals surface area contributed by atoms with Crippen LogP contribution in [0.3, 0.4) is 0 Å². The average molecular weight is 263 g/mol. The summed E-state index contributed by atoms with van der Waals surface area (Å²) in [7, 11) is 3.29. The number of amides is 1. The lowest BCUT2D eigenvalue weighted by Crippen LogP contribution is -2.27. The van der Waals surface area contributed by atoms with Crippen LogP contribution in [0.2, 0.25) is 0 Å². The highest BCUT2D eigenvalue weighted by atomic mass is 16.5. The van der Waals surface area contributed by atoms with Crippen LogP contribution in [0, 0.1) is 6.92 Å². The molecular weight excluding hydrogens is 246 g/mol. The van der Waals surface area contributed by atoms with Gasteiger partial charge in [0.2, 0.25) is 0 Å². The fourth-order valence-corrected chi connectivity index (χ4v) is 1.36. The first-order valence-corrected chi connectivity index (χ1v) is 5.74. The first-order valence-electron chi connectivity index (χ1n) is 5.74. The topological polar surface area (TPSA) is 66.8 Å². The molecule has 5 nitrogen and oxygen atoms in total. The van der Waals surface area contributed by atoms with Crippen molar-refractivity contribution >= 4 is 18.0 Å². The molecule has 1 aromatic carbocycles. The molecule has 1 aromatic rings. The van der Waals surface area contributed by atoms with Crippen molar-refractivity contribution in [2.75, 3.05) is 20.7 Å². The number of hydrogen-bond acceptors (Lipinski definition) is 3. The second kappa shape index (κ2) is 6.58. The van der Waals surface area contributed by atoms with Crippen LogP contribution in [0.5, 0.6) is 5.75 Å². The number of likely N-dealkylation sites (N-methyl/N-ethyl adjacent to an activating group) is 1. The molecule has 0 heterocycles. The van der Waals surface area contributed by atoms with E-state index in [1.807, 2.05) is 13.0 Å². The van der Waals surface area contributed by atoms with E-state index in [0.29, 0.717) is 11.3 Å². The van der Waals surface area contributed by atoms with Crippen LogP contribution in [-0.2, 0) is 9.59 Å². The lowest BCUT2D eigenvalue weighted by Gasteiger charge is -2.13. The van der Waals surface area contributed by atoms with Gasteiger partial charge in [0.05, 0.1) is 0 Å². The Bertz CT molecular complexity index is 506. The Morgan fingerprint density at radius 3 is 2.63 bits per heavy atom. The smallest absolute Gasteiger partial charge is 0.328 e. The molecule has 5 heteroatoms. The Hall–Kier alpha value is -2.30. The van der Waals surface area contributed by atoms with E-state index in [2.05, 4.69) is 0 Å². The van der Waals surface area contributed by atoms with E-state index in [9.17, 15) is 9.59 Å². The quantitative estimate of drug-likeness (QED) is 0.819. The van der Waals surface area contributed by atoms with E-state index in [1.54, 1.807) is 26.2 Å². The maximum absolute atomic E-state index is 11.4. The summed E-state index contributed by atoms with van der Waals surface area (Å²) in [5.74, 6) is -0.705. The fourth-order valence-electron chi connectivity index (χ4n) is 1.36. The number of ether oxygens (including phenoxy) is 1. The highest BCUT2D eigenvalue weighted by molar-refractivity contribution is 5.86. The zero-order valence-corrected chi connectivity index (χ0v) is 11.2. The number of hydrogen-bond donors (Lipinski definition) is 1. The molecular formula is C14H17NO4. The minimum Gasteiger partial charge on any atom is -0.483 e. The SMILES string of the molecule is Cc1ccc(OCC(=O)N(C)C)c(C=CC(=O)O)c1. The Labute approximate surface area is 112 Å². The predicted molar refractivity (Wildman–Crippen MR) is 72.0 cm³/mol. The number of carbonyl (C=O) groups is 2. The molecule has 0 atom stereocenters. The second-order valence-corrected chi connectivity index (χ2v) is 4.29. The first kappa shape index (κ1) is 14.8. The van der Waals surface area contributed by atoms with Crippen molar-refractivity contribution in [3.05, 3.63) is 35.4 Å². The summed E-state index contributed by atoms with van der Waals surface area (Å²) in [6, 6.07) is 5.36. The largest absolute Gasteiger partial charge is 0.483 e. The van der Waals surface area contributed by atoms with Gasteiger partial charge >= 0.3 is 5.97 Å². The van der Waals surface area contributed by atoms with Gasteiger partial charge in [-0.3, -0.25) is 4.79 Å². The van der Waals surface area contributed by atoms with Gasteiger partial charge in [0.15, 0.2) is 6.61 Å². The Balaban J connectivity index is 2.88. The second-order valence-electron chi connectivity index (χ2n) is 4.29. The molecule has 0 unspecified atom stereocenters. The van der Waals surface area contributed by atoms with Crippen LogP contribution in [0.4, 0.5) is 0 Å². The third kappa shape index (κ3) is 4.83. The van der Waals surface area contributed by atoms with E-state index in [4.69, 9.17) is 9.84 Å². The Morgan fingerprint density at radius 2 is 2.05 bits per heavy atom. The molecule has 1 N–H and O–H groups in total. The van der Waals surface area contributed by atoms with Crippen molar-refractivity contribution in [1.82, 2.24) is 4.90 Å². The predicted octanol–water partition coefficient (Wildman–Crippen LogP) is 1.56. The number of carbonyl (C=O) groups excluding carboxylic acids is 1. The standard InChI is InChI=1S/C14H17NO4/c1-10-4-6-12(19-9-13(16)15(2)3)11(8-10)5-7-14(17)18/h4-8H,9H2,1-3H3,(H,17,18).